The lowest BCUT2D eigenvalue weighted by Crippen LogP contribution is -2.21. The van der Waals surface area contributed by atoms with E-state index in [1.807, 2.05) is 58.9 Å². The third-order valence-corrected chi connectivity index (χ3v) is 9.35. The molecule has 17 heteroatoms. The van der Waals surface area contributed by atoms with Crippen molar-refractivity contribution < 1.29 is 64.1 Å². The van der Waals surface area contributed by atoms with E-state index >= 15 is 0 Å². The van der Waals surface area contributed by atoms with Gasteiger partial charge in [-0.3, -0.25) is 14.4 Å². The van der Waals surface area contributed by atoms with E-state index in [0.29, 0.717) is 29.9 Å². The molecule has 384 valence electrons. The maximum absolute atomic E-state index is 12.1. The van der Waals surface area contributed by atoms with Crippen molar-refractivity contribution in [3.63, 3.8) is 0 Å². The summed E-state index contributed by atoms with van der Waals surface area (Å²) in [5.74, 6) is 0.639. The van der Waals surface area contributed by atoms with Crippen LogP contribution in [0.25, 0.3) is 0 Å². The van der Waals surface area contributed by atoms with E-state index in [1.54, 1.807) is 48.5 Å². The number of phenolic OH excluding ortho intramolecular Hbond substituents is 2. The first-order valence-electron chi connectivity index (χ1n) is 21.7. The molecule has 6 rings (SSSR count). The minimum Gasteiger partial charge on any atom is -0.508 e. The molecular formula is C54H60F9N3O5. The van der Waals surface area contributed by atoms with Gasteiger partial charge in [-0.05, 0) is 127 Å². The van der Waals surface area contributed by atoms with Crippen LogP contribution >= 0.6 is 0 Å². The molecule has 0 saturated carbocycles. The van der Waals surface area contributed by atoms with Crippen LogP contribution in [0.15, 0.2) is 146 Å². The monoisotopic (exact) mass is 1000 g/mol. The van der Waals surface area contributed by atoms with Crippen LogP contribution in [-0.2, 0) is 58.7 Å². The second kappa shape index (κ2) is 29.0. The smallest absolute Gasteiger partial charge is 0.416 e. The third kappa shape index (κ3) is 27.5. The largest absolute Gasteiger partial charge is 0.508 e. The van der Waals surface area contributed by atoms with Gasteiger partial charge in [0.2, 0.25) is 5.91 Å². The van der Waals surface area contributed by atoms with E-state index in [2.05, 4.69) is 5.32 Å². The Kier molecular flexibility index (Phi) is 25.2. The molecule has 0 fully saturated rings. The number of anilines is 2. The van der Waals surface area contributed by atoms with Gasteiger partial charge >= 0.3 is 18.5 Å². The highest BCUT2D eigenvalue weighted by atomic mass is 19.4. The summed E-state index contributed by atoms with van der Waals surface area (Å²) in [4.78, 5) is 32.9. The quantitative estimate of drug-likeness (QED) is 0.0606. The van der Waals surface area contributed by atoms with Gasteiger partial charge in [0.15, 0.2) is 0 Å². The van der Waals surface area contributed by atoms with Crippen LogP contribution in [0, 0.1) is 12.3 Å². The van der Waals surface area contributed by atoms with Gasteiger partial charge in [0.25, 0.3) is 0 Å². The number of ketones is 2. The lowest BCUT2D eigenvalue weighted by molar-refractivity contribution is -0.138. The van der Waals surface area contributed by atoms with Crippen molar-refractivity contribution in [3.8, 4) is 11.5 Å². The molecule has 0 heterocycles. The van der Waals surface area contributed by atoms with Gasteiger partial charge in [-0.1, -0.05) is 93.9 Å². The first-order chi connectivity index (χ1) is 32.8. The lowest BCUT2D eigenvalue weighted by atomic mass is 9.87. The maximum atomic E-state index is 12.1. The Hall–Kier alpha value is -7.30. The highest BCUT2D eigenvalue weighted by Crippen LogP contribution is 2.31. The molecule has 0 saturated heterocycles. The average Bonchev–Trinajstić information content (AvgIpc) is 3.28. The Morgan fingerprint density at radius 1 is 0.479 bits per heavy atom. The van der Waals surface area contributed by atoms with E-state index in [-0.39, 0.29) is 40.8 Å². The fraction of sp³-hybridized carbons (Fsp3) is 0.278. The van der Waals surface area contributed by atoms with Gasteiger partial charge in [0.05, 0.1) is 16.7 Å². The molecule has 7 N–H and O–H groups in total. The van der Waals surface area contributed by atoms with Crippen molar-refractivity contribution in [2.45, 2.75) is 92.8 Å². The zero-order valence-corrected chi connectivity index (χ0v) is 40.4. The maximum Gasteiger partial charge on any atom is 0.416 e. The van der Waals surface area contributed by atoms with Crippen LogP contribution in [0.3, 0.4) is 0 Å². The number of aryl methyl sites for hydroxylation is 2. The lowest BCUT2D eigenvalue weighted by Gasteiger charge is -2.16. The standard InChI is InChI=1S/C12H16O2.C10H9F3O.C10H13NO.C9H9F3.C7H6F3N.C6H7NO/c1-12(2,3)11(14)8-9-4-6-10(13)7-5-9;1-7(14)6-8-2-4-9(5-3-8)10(11,12)13;1-8-3-5-10(6-4-8)7-11-9(2)12;1-2-7-3-5-8(6-4-7)9(10,11)12;8-7(9,10)5-1-3-6(11)4-2-5;7-5-1-3-6(8)4-2-5/h4-7,13H,8H2,1-3H3;2-5H,6H2,1H3;3-6H,7H2,1-2H3,(H,11,12);3-6H,2H2,1H3;1-4H,11H2;1-4,8H,7H2. The number of hydrogen-bond acceptors (Lipinski definition) is 7. The molecule has 0 aliphatic carbocycles. The topological polar surface area (TPSA) is 156 Å². The summed E-state index contributed by atoms with van der Waals surface area (Å²) >= 11 is 0. The number of rotatable bonds is 7. The molecule has 0 bridgehead atoms. The second-order valence-electron chi connectivity index (χ2n) is 16.7. The van der Waals surface area contributed by atoms with Gasteiger partial charge in [0, 0.05) is 43.1 Å². The van der Waals surface area contributed by atoms with E-state index in [4.69, 9.17) is 21.7 Å². The van der Waals surface area contributed by atoms with E-state index in [0.717, 1.165) is 59.5 Å². The molecule has 0 radical (unpaired) electrons. The van der Waals surface area contributed by atoms with Crippen molar-refractivity contribution in [1.29, 1.82) is 0 Å². The van der Waals surface area contributed by atoms with Crippen molar-refractivity contribution >= 4 is 28.8 Å². The van der Waals surface area contributed by atoms with Crippen LogP contribution in [-0.4, -0.2) is 27.7 Å². The minimum atomic E-state index is -4.31. The number of hydrogen-bond donors (Lipinski definition) is 5. The predicted octanol–water partition coefficient (Wildman–Crippen LogP) is 13.5. The van der Waals surface area contributed by atoms with Gasteiger partial charge < -0.3 is 27.0 Å². The fourth-order valence-corrected chi connectivity index (χ4v) is 5.17. The zero-order valence-electron chi connectivity index (χ0n) is 40.4. The molecule has 0 atom stereocenters. The number of alkyl halides is 9. The fourth-order valence-electron chi connectivity index (χ4n) is 5.17. The van der Waals surface area contributed by atoms with Crippen molar-refractivity contribution in [3.05, 3.63) is 190 Å². The number of carbonyl (C=O) groups is 3. The average molecular weight is 1000 g/mol. The number of nitrogens with two attached hydrogens (primary N) is 2. The Morgan fingerprint density at radius 3 is 1.11 bits per heavy atom. The Morgan fingerprint density at radius 2 is 0.789 bits per heavy atom. The number of benzene rings is 6. The minimum absolute atomic E-state index is 0.00979. The predicted molar refractivity (Wildman–Crippen MR) is 260 cm³/mol. The number of phenols is 2. The summed E-state index contributed by atoms with van der Waals surface area (Å²) < 4.78 is 108. The molecule has 6 aromatic carbocycles. The molecule has 8 nitrogen and oxygen atoms in total. The highest BCUT2D eigenvalue weighted by molar-refractivity contribution is 5.85. The molecule has 1 amide bonds. The van der Waals surface area contributed by atoms with Gasteiger partial charge in [0.1, 0.15) is 23.1 Å². The summed E-state index contributed by atoms with van der Waals surface area (Å²) in [5.41, 5.74) is 14.1. The SMILES string of the molecule is CC(=O)Cc1ccc(C(F)(F)F)cc1.CC(=O)NCc1ccc(C)cc1.CC(C)(C)C(=O)Cc1ccc(O)cc1.CCc1ccc(C(F)(F)F)cc1.Nc1ccc(C(F)(F)F)cc1.Nc1ccc(O)cc1. The number of Topliss-reactive ketones (excluding diaryl/α,β-unsaturated/α-hetero) is 2. The molecule has 0 aromatic heterocycles. The summed E-state index contributed by atoms with van der Waals surface area (Å²) in [7, 11) is 0. The number of aromatic hydroxyl groups is 2. The number of amides is 1. The Bertz CT molecular complexity index is 2460. The van der Waals surface area contributed by atoms with Crippen LogP contribution in [0.4, 0.5) is 50.9 Å². The first-order valence-corrected chi connectivity index (χ1v) is 21.7. The number of halogens is 9. The molecular weight excluding hydrogens is 942 g/mol. The van der Waals surface area contributed by atoms with Gasteiger partial charge in [-0.2, -0.15) is 39.5 Å². The summed E-state index contributed by atoms with van der Waals surface area (Å²) in [6.45, 7) is 13.2. The molecule has 71 heavy (non-hydrogen) atoms. The third-order valence-electron chi connectivity index (χ3n) is 9.35. The van der Waals surface area contributed by atoms with Crippen LogP contribution in [0.2, 0.25) is 0 Å². The normalized spacial score (nSPS) is 10.9. The molecule has 0 unspecified atom stereocenters. The molecule has 0 aliphatic heterocycles. The first kappa shape index (κ1) is 61.7. The molecule has 6 aromatic rings. The van der Waals surface area contributed by atoms with Crippen LogP contribution in [0.1, 0.15) is 86.1 Å². The Labute approximate surface area is 408 Å². The van der Waals surface area contributed by atoms with Crippen LogP contribution < -0.4 is 16.8 Å². The van der Waals surface area contributed by atoms with Crippen LogP contribution in [0.5, 0.6) is 11.5 Å². The summed E-state index contributed by atoms with van der Waals surface area (Å²) in [6.07, 6.45) is -11.4. The second-order valence-corrected chi connectivity index (χ2v) is 16.7. The number of nitrogens with one attached hydrogen (secondary N) is 1. The van der Waals surface area contributed by atoms with Crippen molar-refractivity contribution in [2.24, 2.45) is 5.41 Å². The van der Waals surface area contributed by atoms with Gasteiger partial charge in [-0.25, -0.2) is 0 Å². The summed E-state index contributed by atoms with van der Waals surface area (Å²) in [5, 5.41) is 20.5. The van der Waals surface area contributed by atoms with Crippen molar-refractivity contribution in [1.82, 2.24) is 5.32 Å². The number of nitrogen functional groups attached to an aromatic ring is 2. The highest BCUT2D eigenvalue weighted by Gasteiger charge is 2.31. The molecule has 0 spiro atoms. The zero-order chi connectivity index (χ0) is 54.2. The van der Waals surface area contributed by atoms with Crippen molar-refractivity contribution in [2.75, 3.05) is 11.5 Å². The van der Waals surface area contributed by atoms with E-state index in [9.17, 15) is 53.9 Å². The summed E-state index contributed by atoms with van der Waals surface area (Å²) in [6, 6.07) is 35.5. The Balaban J connectivity index is 0.000000429. The van der Waals surface area contributed by atoms with E-state index < -0.39 is 35.2 Å². The van der Waals surface area contributed by atoms with E-state index in [1.165, 1.54) is 55.8 Å². The number of carbonyl (C=O) groups excluding carboxylic acids is 3. The van der Waals surface area contributed by atoms with Gasteiger partial charge in [-0.15, -0.1) is 0 Å². The molecule has 0 aliphatic rings.